The molecule has 3 rings (SSSR count). The van der Waals surface area contributed by atoms with Gasteiger partial charge in [0.05, 0.1) is 5.69 Å². The lowest BCUT2D eigenvalue weighted by molar-refractivity contribution is 0.285. The van der Waals surface area contributed by atoms with Gasteiger partial charge in [0.1, 0.15) is 0 Å². The summed E-state index contributed by atoms with van der Waals surface area (Å²) in [5.74, 6) is 3.63. The molecule has 2 aliphatic carbocycles. The Labute approximate surface area is 123 Å². The van der Waals surface area contributed by atoms with Gasteiger partial charge in [-0.3, -0.25) is 4.68 Å². The second kappa shape index (κ2) is 5.88. The van der Waals surface area contributed by atoms with Crippen molar-refractivity contribution in [3.05, 3.63) is 17.5 Å². The summed E-state index contributed by atoms with van der Waals surface area (Å²) in [7, 11) is 0. The predicted octanol–water partition coefficient (Wildman–Crippen LogP) is 3.37. The average Bonchev–Trinajstić information content (AvgIpc) is 3.06. The van der Waals surface area contributed by atoms with Crippen molar-refractivity contribution >= 4 is 0 Å². The number of hydrogen-bond donors (Lipinski definition) is 1. The Bertz CT molecular complexity index is 449. The minimum Gasteiger partial charge on any atom is -0.312 e. The second-order valence-electron chi connectivity index (χ2n) is 7.42. The molecule has 3 atom stereocenters. The Hall–Kier alpha value is -0.830. The van der Waals surface area contributed by atoms with E-state index in [0.29, 0.717) is 5.92 Å². The third-order valence-corrected chi connectivity index (χ3v) is 5.22. The Morgan fingerprint density at radius 1 is 1.35 bits per heavy atom. The summed E-state index contributed by atoms with van der Waals surface area (Å²) in [6.07, 6.45) is 8.18. The highest BCUT2D eigenvalue weighted by Crippen LogP contribution is 2.48. The topological polar surface area (TPSA) is 29.9 Å². The molecule has 0 saturated heterocycles. The van der Waals surface area contributed by atoms with Crippen LogP contribution in [0.25, 0.3) is 0 Å². The molecule has 2 fully saturated rings. The van der Waals surface area contributed by atoms with Crippen LogP contribution in [0.1, 0.15) is 50.8 Å². The van der Waals surface area contributed by atoms with Crippen LogP contribution >= 0.6 is 0 Å². The van der Waals surface area contributed by atoms with Crippen molar-refractivity contribution in [2.45, 2.75) is 59.5 Å². The fourth-order valence-electron chi connectivity index (χ4n) is 4.16. The molecule has 1 N–H and O–H groups in total. The maximum Gasteiger partial charge on any atom is 0.0638 e. The zero-order valence-electron chi connectivity index (χ0n) is 13.2. The minimum absolute atomic E-state index is 0.708. The first kappa shape index (κ1) is 14.1. The van der Waals surface area contributed by atoms with Crippen LogP contribution in [0.15, 0.2) is 6.20 Å². The third-order valence-electron chi connectivity index (χ3n) is 5.22. The Balaban J connectivity index is 1.55. The number of aryl methyl sites for hydroxylation is 1. The first-order chi connectivity index (χ1) is 9.61. The molecule has 1 aromatic heterocycles. The average molecular weight is 275 g/mol. The van der Waals surface area contributed by atoms with Crippen LogP contribution < -0.4 is 5.32 Å². The number of fused-ring (bicyclic) bond motifs is 2. The van der Waals surface area contributed by atoms with Crippen molar-refractivity contribution < 1.29 is 0 Å². The smallest absolute Gasteiger partial charge is 0.0638 e. The van der Waals surface area contributed by atoms with Crippen molar-refractivity contribution in [3.63, 3.8) is 0 Å². The molecule has 0 aromatic carbocycles. The summed E-state index contributed by atoms with van der Waals surface area (Å²) in [5, 5.41) is 8.25. The highest BCUT2D eigenvalue weighted by Gasteiger charge is 2.39. The second-order valence-corrected chi connectivity index (χ2v) is 7.42. The van der Waals surface area contributed by atoms with E-state index in [2.05, 4.69) is 37.0 Å². The molecule has 2 saturated carbocycles. The van der Waals surface area contributed by atoms with E-state index in [-0.39, 0.29) is 0 Å². The van der Waals surface area contributed by atoms with Crippen molar-refractivity contribution in [1.29, 1.82) is 0 Å². The minimum atomic E-state index is 0.708. The summed E-state index contributed by atoms with van der Waals surface area (Å²) >= 11 is 0. The van der Waals surface area contributed by atoms with Gasteiger partial charge in [-0.2, -0.15) is 5.10 Å². The molecule has 112 valence electrons. The van der Waals surface area contributed by atoms with Gasteiger partial charge in [-0.15, -0.1) is 0 Å². The molecule has 3 heteroatoms. The van der Waals surface area contributed by atoms with Gasteiger partial charge in [0.15, 0.2) is 0 Å². The summed E-state index contributed by atoms with van der Waals surface area (Å²) in [6, 6.07) is 0. The number of hydrogen-bond acceptors (Lipinski definition) is 2. The van der Waals surface area contributed by atoms with Gasteiger partial charge < -0.3 is 5.32 Å². The van der Waals surface area contributed by atoms with E-state index < -0.39 is 0 Å². The molecule has 0 spiro atoms. The summed E-state index contributed by atoms with van der Waals surface area (Å²) in [4.78, 5) is 0. The normalized spacial score (nSPS) is 28.7. The maximum atomic E-state index is 4.73. The summed E-state index contributed by atoms with van der Waals surface area (Å²) in [5.41, 5.74) is 2.57. The van der Waals surface area contributed by atoms with Gasteiger partial charge in [0, 0.05) is 24.8 Å². The van der Waals surface area contributed by atoms with E-state index in [4.69, 9.17) is 5.10 Å². The zero-order valence-corrected chi connectivity index (χ0v) is 13.2. The van der Waals surface area contributed by atoms with Gasteiger partial charge in [-0.1, -0.05) is 20.3 Å². The monoisotopic (exact) mass is 275 g/mol. The van der Waals surface area contributed by atoms with Crippen LogP contribution in [-0.4, -0.2) is 16.3 Å². The van der Waals surface area contributed by atoms with E-state index in [1.54, 1.807) is 0 Å². The van der Waals surface area contributed by atoms with Crippen LogP contribution in [0.4, 0.5) is 0 Å². The highest BCUT2D eigenvalue weighted by atomic mass is 15.3. The van der Waals surface area contributed by atoms with Crippen molar-refractivity contribution in [2.24, 2.45) is 23.7 Å². The highest BCUT2D eigenvalue weighted by molar-refractivity contribution is 5.15. The van der Waals surface area contributed by atoms with Gasteiger partial charge in [-0.05, 0) is 56.4 Å². The SMILES string of the molecule is Cc1nn(CC2CC3CCC2C3)cc1CNCC(C)C. The quantitative estimate of drug-likeness (QED) is 0.862. The number of aromatic nitrogens is 2. The molecule has 1 heterocycles. The van der Waals surface area contributed by atoms with Crippen LogP contribution in [0.5, 0.6) is 0 Å². The van der Waals surface area contributed by atoms with E-state index in [1.807, 2.05) is 0 Å². The predicted molar refractivity (Wildman–Crippen MR) is 82.4 cm³/mol. The molecule has 1 aromatic rings. The molecule has 2 aliphatic rings. The van der Waals surface area contributed by atoms with Crippen molar-refractivity contribution in [2.75, 3.05) is 6.54 Å². The largest absolute Gasteiger partial charge is 0.312 e. The van der Waals surface area contributed by atoms with Crippen LogP contribution in [0.2, 0.25) is 0 Å². The molecule has 0 aliphatic heterocycles. The Kier molecular flexibility index (Phi) is 4.16. The molecule has 20 heavy (non-hydrogen) atoms. The van der Waals surface area contributed by atoms with Crippen LogP contribution in [-0.2, 0) is 13.1 Å². The van der Waals surface area contributed by atoms with E-state index in [1.165, 1.54) is 36.9 Å². The number of rotatable bonds is 6. The third kappa shape index (κ3) is 3.08. The van der Waals surface area contributed by atoms with E-state index in [9.17, 15) is 0 Å². The maximum absolute atomic E-state index is 4.73. The first-order valence-electron chi connectivity index (χ1n) is 8.35. The zero-order chi connectivity index (χ0) is 14.1. The lowest BCUT2D eigenvalue weighted by Crippen LogP contribution is -2.19. The molecular weight excluding hydrogens is 246 g/mol. The number of nitrogens with zero attached hydrogens (tertiary/aromatic N) is 2. The van der Waals surface area contributed by atoms with Gasteiger partial charge in [0.2, 0.25) is 0 Å². The number of nitrogens with one attached hydrogen (secondary N) is 1. The van der Waals surface area contributed by atoms with Gasteiger partial charge in [0.25, 0.3) is 0 Å². The van der Waals surface area contributed by atoms with Gasteiger partial charge >= 0.3 is 0 Å². The fourth-order valence-corrected chi connectivity index (χ4v) is 4.16. The standard InChI is InChI=1S/C17H29N3/c1-12(2)8-18-9-17-11-20(19-13(17)3)10-16-7-14-4-5-15(16)6-14/h11-12,14-16,18H,4-10H2,1-3H3. The van der Waals surface area contributed by atoms with Crippen molar-refractivity contribution in [1.82, 2.24) is 15.1 Å². The molecular formula is C17H29N3. The molecule has 3 unspecified atom stereocenters. The molecule has 3 nitrogen and oxygen atoms in total. The summed E-state index contributed by atoms with van der Waals surface area (Å²) < 4.78 is 2.22. The van der Waals surface area contributed by atoms with E-state index in [0.717, 1.165) is 37.4 Å². The Morgan fingerprint density at radius 2 is 2.20 bits per heavy atom. The first-order valence-corrected chi connectivity index (χ1v) is 8.35. The molecule has 0 radical (unpaired) electrons. The molecule has 0 amide bonds. The lowest BCUT2D eigenvalue weighted by Gasteiger charge is -2.21. The lowest BCUT2D eigenvalue weighted by atomic mass is 9.89. The van der Waals surface area contributed by atoms with Gasteiger partial charge in [-0.25, -0.2) is 0 Å². The van der Waals surface area contributed by atoms with E-state index >= 15 is 0 Å². The fraction of sp³-hybridized carbons (Fsp3) is 0.824. The van der Waals surface area contributed by atoms with Crippen molar-refractivity contribution in [3.8, 4) is 0 Å². The van der Waals surface area contributed by atoms with Crippen LogP contribution in [0.3, 0.4) is 0 Å². The van der Waals surface area contributed by atoms with Crippen LogP contribution in [0, 0.1) is 30.6 Å². The molecule has 2 bridgehead atoms. The Morgan fingerprint density at radius 3 is 2.85 bits per heavy atom. The summed E-state index contributed by atoms with van der Waals surface area (Å²) in [6.45, 7) is 9.82.